The van der Waals surface area contributed by atoms with Crippen molar-refractivity contribution in [3.8, 4) is 0 Å². The summed E-state index contributed by atoms with van der Waals surface area (Å²) < 4.78 is 30.3. The van der Waals surface area contributed by atoms with Crippen molar-refractivity contribution in [1.82, 2.24) is 9.44 Å². The highest BCUT2D eigenvalue weighted by molar-refractivity contribution is 7.87. The number of hydrogen-bond acceptors (Lipinski definition) is 3. The summed E-state index contributed by atoms with van der Waals surface area (Å²) in [6.45, 7) is 0.830. The highest BCUT2D eigenvalue weighted by Crippen LogP contribution is 1.82. The Morgan fingerprint density at radius 1 is 1.33 bits per heavy atom. The summed E-state index contributed by atoms with van der Waals surface area (Å²) >= 11 is 0. The van der Waals surface area contributed by atoms with E-state index in [0.29, 0.717) is 13.2 Å². The van der Waals surface area contributed by atoms with Crippen molar-refractivity contribution >= 4 is 10.2 Å². The van der Waals surface area contributed by atoms with Crippen molar-refractivity contribution in [2.24, 2.45) is 0 Å². The third kappa shape index (κ3) is 2.27. The molecule has 6 heteroatoms. The van der Waals surface area contributed by atoms with Crippen LogP contribution in [0.1, 0.15) is 0 Å². The lowest BCUT2D eigenvalue weighted by Crippen LogP contribution is -2.34. The minimum Gasteiger partial charge on any atom is -0.364 e. The number of rotatable bonds is 0. The molecular weight excluding hydrogens is 144 g/mol. The van der Waals surface area contributed by atoms with Crippen molar-refractivity contribution in [2.45, 2.75) is 0 Å². The Bertz CT molecular complexity index is 161. The maximum atomic E-state index is 10.6. The van der Waals surface area contributed by atoms with E-state index in [-0.39, 0.29) is 6.73 Å². The van der Waals surface area contributed by atoms with Gasteiger partial charge in [0.1, 0.15) is 6.73 Å². The van der Waals surface area contributed by atoms with Crippen LogP contribution in [0.3, 0.4) is 0 Å². The molecule has 54 valence electrons. The fourth-order valence-electron chi connectivity index (χ4n) is 0.491. The fourth-order valence-corrected chi connectivity index (χ4v) is 1.18. The number of nitrogens with one attached hydrogen (secondary N) is 2. The lowest BCUT2D eigenvalue weighted by Gasteiger charge is -1.97. The zero-order chi connectivity index (χ0) is 6.74. The molecule has 0 spiro atoms. The van der Waals surface area contributed by atoms with Crippen molar-refractivity contribution in [1.29, 1.82) is 0 Å². The molecule has 0 aromatic rings. The second kappa shape index (κ2) is 2.61. The average Bonchev–Trinajstić information content (AvgIpc) is 1.92. The fraction of sp³-hybridized carbons (Fsp3) is 1.00. The summed E-state index contributed by atoms with van der Waals surface area (Å²) in [5.74, 6) is 0. The molecule has 0 radical (unpaired) electrons. The van der Waals surface area contributed by atoms with E-state index in [4.69, 9.17) is 4.74 Å². The highest BCUT2D eigenvalue weighted by atomic mass is 32.2. The van der Waals surface area contributed by atoms with Crippen molar-refractivity contribution in [2.75, 3.05) is 19.9 Å². The zero-order valence-corrected chi connectivity index (χ0v) is 5.57. The molecule has 0 atom stereocenters. The van der Waals surface area contributed by atoms with E-state index in [2.05, 4.69) is 9.44 Å². The van der Waals surface area contributed by atoms with Crippen LogP contribution in [0.4, 0.5) is 0 Å². The van der Waals surface area contributed by atoms with Crippen LogP contribution in [-0.4, -0.2) is 28.3 Å². The molecule has 0 amide bonds. The van der Waals surface area contributed by atoms with Crippen LogP contribution in [0, 0.1) is 0 Å². The maximum absolute atomic E-state index is 10.6. The smallest absolute Gasteiger partial charge is 0.278 e. The largest absolute Gasteiger partial charge is 0.364 e. The summed E-state index contributed by atoms with van der Waals surface area (Å²) in [5, 5.41) is 0. The predicted octanol–water partition coefficient (Wildman–Crippen LogP) is -1.60. The van der Waals surface area contributed by atoms with E-state index in [1.54, 1.807) is 0 Å². The van der Waals surface area contributed by atoms with Crippen LogP contribution in [0.2, 0.25) is 0 Å². The Labute approximate surface area is 53.6 Å². The van der Waals surface area contributed by atoms with Gasteiger partial charge < -0.3 is 4.74 Å². The molecule has 1 aliphatic rings. The van der Waals surface area contributed by atoms with E-state index < -0.39 is 10.2 Å². The molecule has 1 heterocycles. The molecule has 0 aromatic carbocycles. The number of ether oxygens (including phenoxy) is 1. The molecule has 0 saturated carbocycles. The van der Waals surface area contributed by atoms with Gasteiger partial charge in [0.05, 0.1) is 6.61 Å². The standard InChI is InChI=1S/C3H8N2O3S/c6-9(7)4-1-2-8-3-5-9/h4-5H,1-3H2. The lowest BCUT2D eigenvalue weighted by molar-refractivity contribution is 0.143. The molecule has 2 N–H and O–H groups in total. The van der Waals surface area contributed by atoms with E-state index in [0.717, 1.165) is 0 Å². The summed E-state index contributed by atoms with van der Waals surface area (Å²) in [5.41, 5.74) is 0. The topological polar surface area (TPSA) is 67.4 Å². The van der Waals surface area contributed by atoms with E-state index >= 15 is 0 Å². The van der Waals surface area contributed by atoms with Crippen LogP contribution in [0.15, 0.2) is 0 Å². The van der Waals surface area contributed by atoms with Crippen molar-refractivity contribution in [3.63, 3.8) is 0 Å². The zero-order valence-electron chi connectivity index (χ0n) is 4.75. The van der Waals surface area contributed by atoms with Crippen LogP contribution in [0.25, 0.3) is 0 Å². The normalized spacial score (nSPS) is 27.1. The van der Waals surface area contributed by atoms with Crippen LogP contribution in [0.5, 0.6) is 0 Å². The second-order valence-electron chi connectivity index (χ2n) is 1.59. The van der Waals surface area contributed by atoms with Crippen LogP contribution >= 0.6 is 0 Å². The van der Waals surface area contributed by atoms with Gasteiger partial charge in [0, 0.05) is 6.54 Å². The third-order valence-corrected chi connectivity index (χ3v) is 1.97. The van der Waals surface area contributed by atoms with Crippen molar-refractivity contribution < 1.29 is 13.2 Å². The van der Waals surface area contributed by atoms with Gasteiger partial charge in [0.15, 0.2) is 0 Å². The molecule has 0 aromatic heterocycles. The molecule has 1 aliphatic heterocycles. The maximum Gasteiger partial charge on any atom is 0.278 e. The summed E-state index contributed by atoms with van der Waals surface area (Å²) in [4.78, 5) is 0. The first-order chi connectivity index (χ1) is 4.21. The average molecular weight is 152 g/mol. The minimum atomic E-state index is -3.24. The van der Waals surface area contributed by atoms with Gasteiger partial charge >= 0.3 is 0 Å². The van der Waals surface area contributed by atoms with Crippen LogP contribution in [-0.2, 0) is 14.9 Å². The minimum absolute atomic E-state index is 0.0648. The molecule has 0 bridgehead atoms. The second-order valence-corrected chi connectivity index (χ2v) is 3.18. The molecule has 5 nitrogen and oxygen atoms in total. The Kier molecular flexibility index (Phi) is 2.01. The highest BCUT2D eigenvalue weighted by Gasteiger charge is 2.10. The SMILES string of the molecule is O=S1(=O)NCCOCN1. The molecular formula is C3H8N2O3S. The molecule has 9 heavy (non-hydrogen) atoms. The quantitative estimate of drug-likeness (QED) is 0.439. The van der Waals surface area contributed by atoms with Crippen molar-refractivity contribution in [3.05, 3.63) is 0 Å². The van der Waals surface area contributed by atoms with Gasteiger partial charge in [-0.15, -0.1) is 0 Å². The Balaban J connectivity index is 2.56. The van der Waals surface area contributed by atoms with Gasteiger partial charge in [0.2, 0.25) is 0 Å². The molecule has 0 unspecified atom stereocenters. The van der Waals surface area contributed by atoms with Crippen LogP contribution < -0.4 is 9.44 Å². The lowest BCUT2D eigenvalue weighted by atomic mass is 10.7. The summed E-state index contributed by atoms with van der Waals surface area (Å²) in [6.07, 6.45) is 0. The van der Waals surface area contributed by atoms with E-state index in [1.807, 2.05) is 0 Å². The Hall–Kier alpha value is -0.170. The molecule has 1 rings (SSSR count). The third-order valence-electron chi connectivity index (χ3n) is 0.889. The van der Waals surface area contributed by atoms with Gasteiger partial charge in [-0.3, -0.25) is 0 Å². The van der Waals surface area contributed by atoms with E-state index in [9.17, 15) is 8.42 Å². The first-order valence-electron chi connectivity index (χ1n) is 2.53. The van der Waals surface area contributed by atoms with Gasteiger partial charge in [0.25, 0.3) is 10.2 Å². The molecule has 0 aliphatic carbocycles. The van der Waals surface area contributed by atoms with Gasteiger partial charge in [-0.1, -0.05) is 0 Å². The predicted molar refractivity (Wildman–Crippen MR) is 30.9 cm³/mol. The van der Waals surface area contributed by atoms with E-state index in [1.165, 1.54) is 0 Å². The van der Waals surface area contributed by atoms with Gasteiger partial charge in [-0.2, -0.15) is 17.9 Å². The van der Waals surface area contributed by atoms with Gasteiger partial charge in [-0.05, 0) is 0 Å². The Morgan fingerprint density at radius 2 is 2.11 bits per heavy atom. The Morgan fingerprint density at radius 3 is 2.89 bits per heavy atom. The number of hydrogen-bond donors (Lipinski definition) is 2. The molecule has 1 fully saturated rings. The summed E-state index contributed by atoms with van der Waals surface area (Å²) in [6, 6.07) is 0. The first-order valence-corrected chi connectivity index (χ1v) is 4.01. The molecule has 1 saturated heterocycles. The monoisotopic (exact) mass is 152 g/mol. The summed E-state index contributed by atoms with van der Waals surface area (Å²) in [7, 11) is -3.24. The van der Waals surface area contributed by atoms with Gasteiger partial charge in [-0.25, -0.2) is 0 Å². The first kappa shape index (κ1) is 6.94.